The maximum Gasteiger partial charge on any atom is 0.159 e. The third kappa shape index (κ3) is 3.52. The lowest BCUT2D eigenvalue weighted by Crippen LogP contribution is -2.16. The van der Waals surface area contributed by atoms with Gasteiger partial charge in [-0.05, 0) is 37.6 Å². The Bertz CT molecular complexity index is 702. The normalized spacial score (nSPS) is 10.5. The summed E-state index contributed by atoms with van der Waals surface area (Å²) in [6.45, 7) is 4.01. The molecule has 0 aliphatic rings. The van der Waals surface area contributed by atoms with Crippen LogP contribution in [-0.2, 0) is 6.54 Å². The van der Waals surface area contributed by atoms with E-state index in [4.69, 9.17) is 18.0 Å². The average molecular weight is 307 g/mol. The van der Waals surface area contributed by atoms with Gasteiger partial charge in [-0.15, -0.1) is 0 Å². The molecule has 2 rings (SSSR count). The second-order valence-electron chi connectivity index (χ2n) is 4.74. The van der Waals surface area contributed by atoms with E-state index in [1.54, 1.807) is 0 Å². The predicted octanol–water partition coefficient (Wildman–Crippen LogP) is 3.22. The predicted molar refractivity (Wildman–Crippen MR) is 83.3 cm³/mol. The Labute approximate surface area is 127 Å². The Morgan fingerprint density at radius 1 is 1.24 bits per heavy atom. The first-order valence-corrected chi connectivity index (χ1v) is 6.75. The zero-order chi connectivity index (χ0) is 15.6. The van der Waals surface area contributed by atoms with E-state index in [1.807, 2.05) is 19.9 Å². The fraction of sp³-hybridized carbons (Fsp3) is 0.200. The molecule has 0 saturated heterocycles. The highest BCUT2D eigenvalue weighted by Crippen LogP contribution is 2.21. The maximum atomic E-state index is 13.2. The van der Waals surface area contributed by atoms with Gasteiger partial charge in [0.2, 0.25) is 0 Å². The standard InChI is InChI=1S/C15H15F2N3S/c1-8-5-13(14(15(18)21)9(2)20-8)19-7-10-3-4-11(16)12(17)6-10/h3-6H,7H2,1-2H3,(H2,18,21)(H,19,20). The number of benzene rings is 1. The number of nitrogens with zero attached hydrogens (tertiary/aromatic N) is 1. The lowest BCUT2D eigenvalue weighted by Gasteiger charge is -2.14. The molecule has 0 spiro atoms. The summed E-state index contributed by atoms with van der Waals surface area (Å²) in [6, 6.07) is 5.60. The molecule has 21 heavy (non-hydrogen) atoms. The number of pyridine rings is 1. The molecule has 0 aliphatic carbocycles. The summed E-state index contributed by atoms with van der Waals surface area (Å²) in [5.74, 6) is -1.73. The number of aryl methyl sites for hydroxylation is 2. The Kier molecular flexibility index (Phi) is 4.47. The number of aromatic nitrogens is 1. The van der Waals surface area contributed by atoms with Crippen molar-refractivity contribution in [3.8, 4) is 0 Å². The summed E-state index contributed by atoms with van der Waals surface area (Å²) < 4.78 is 26.1. The van der Waals surface area contributed by atoms with Crippen molar-refractivity contribution < 1.29 is 8.78 Å². The van der Waals surface area contributed by atoms with Crippen molar-refractivity contribution >= 4 is 22.9 Å². The second-order valence-corrected chi connectivity index (χ2v) is 5.18. The van der Waals surface area contributed by atoms with Crippen molar-refractivity contribution in [3.05, 3.63) is 58.4 Å². The van der Waals surface area contributed by atoms with E-state index in [9.17, 15) is 8.78 Å². The molecule has 0 unspecified atom stereocenters. The third-order valence-corrected chi connectivity index (χ3v) is 3.25. The van der Waals surface area contributed by atoms with Crippen LogP contribution < -0.4 is 11.1 Å². The molecule has 0 fully saturated rings. The second kappa shape index (κ2) is 6.13. The quantitative estimate of drug-likeness (QED) is 0.852. The Morgan fingerprint density at radius 2 is 1.95 bits per heavy atom. The maximum absolute atomic E-state index is 13.2. The van der Waals surface area contributed by atoms with Crippen LogP contribution in [0.25, 0.3) is 0 Å². The number of anilines is 1. The van der Waals surface area contributed by atoms with Crippen LogP contribution in [0.4, 0.5) is 14.5 Å². The molecular formula is C15H15F2N3S. The first-order chi connectivity index (χ1) is 9.88. The first kappa shape index (κ1) is 15.3. The van der Waals surface area contributed by atoms with Gasteiger partial charge in [-0.1, -0.05) is 18.3 Å². The van der Waals surface area contributed by atoms with Crippen molar-refractivity contribution in [2.45, 2.75) is 20.4 Å². The molecule has 0 saturated carbocycles. The van der Waals surface area contributed by atoms with E-state index < -0.39 is 11.6 Å². The van der Waals surface area contributed by atoms with Gasteiger partial charge in [0.1, 0.15) is 4.99 Å². The van der Waals surface area contributed by atoms with Crippen molar-refractivity contribution in [2.24, 2.45) is 5.73 Å². The fourth-order valence-electron chi connectivity index (χ4n) is 2.13. The highest BCUT2D eigenvalue weighted by atomic mass is 32.1. The van der Waals surface area contributed by atoms with E-state index in [1.165, 1.54) is 6.07 Å². The SMILES string of the molecule is Cc1cc(NCc2ccc(F)c(F)c2)c(C(N)=S)c(C)n1. The molecule has 0 radical (unpaired) electrons. The van der Waals surface area contributed by atoms with Crippen LogP contribution in [-0.4, -0.2) is 9.97 Å². The lowest BCUT2D eigenvalue weighted by molar-refractivity contribution is 0.507. The molecule has 1 aromatic carbocycles. The molecule has 0 atom stereocenters. The molecular weight excluding hydrogens is 292 g/mol. The van der Waals surface area contributed by atoms with E-state index in [0.717, 1.165) is 29.2 Å². The average Bonchev–Trinajstić information content (AvgIpc) is 2.38. The minimum Gasteiger partial charge on any atom is -0.389 e. The topological polar surface area (TPSA) is 50.9 Å². The molecule has 3 nitrogen and oxygen atoms in total. The largest absolute Gasteiger partial charge is 0.389 e. The van der Waals surface area contributed by atoms with Gasteiger partial charge < -0.3 is 11.1 Å². The number of hydrogen-bond donors (Lipinski definition) is 2. The van der Waals surface area contributed by atoms with Gasteiger partial charge in [-0.25, -0.2) is 8.78 Å². The molecule has 0 bridgehead atoms. The highest BCUT2D eigenvalue weighted by molar-refractivity contribution is 7.80. The van der Waals surface area contributed by atoms with Crippen LogP contribution in [0.3, 0.4) is 0 Å². The van der Waals surface area contributed by atoms with Crippen molar-refractivity contribution in [3.63, 3.8) is 0 Å². The molecule has 1 heterocycles. The number of hydrogen-bond acceptors (Lipinski definition) is 3. The Morgan fingerprint density at radius 3 is 2.57 bits per heavy atom. The van der Waals surface area contributed by atoms with Gasteiger partial charge in [0.05, 0.1) is 5.56 Å². The molecule has 0 aliphatic heterocycles. The zero-order valence-corrected chi connectivity index (χ0v) is 12.5. The van der Waals surface area contributed by atoms with Crippen LogP contribution in [0.1, 0.15) is 22.5 Å². The summed E-state index contributed by atoms with van der Waals surface area (Å²) in [4.78, 5) is 4.56. The molecule has 0 amide bonds. The number of nitrogens with two attached hydrogens (primary N) is 1. The highest BCUT2D eigenvalue weighted by Gasteiger charge is 2.11. The Hall–Kier alpha value is -2.08. The molecule has 6 heteroatoms. The van der Waals surface area contributed by atoms with Crippen molar-refractivity contribution in [1.29, 1.82) is 0 Å². The minimum absolute atomic E-state index is 0.243. The first-order valence-electron chi connectivity index (χ1n) is 6.34. The zero-order valence-electron chi connectivity index (χ0n) is 11.7. The minimum atomic E-state index is -0.869. The summed E-state index contributed by atoms with van der Waals surface area (Å²) in [7, 11) is 0. The van der Waals surface area contributed by atoms with Gasteiger partial charge in [0.25, 0.3) is 0 Å². The lowest BCUT2D eigenvalue weighted by atomic mass is 10.1. The summed E-state index contributed by atoms with van der Waals surface area (Å²) in [5.41, 5.74) is 9.29. The van der Waals surface area contributed by atoms with Crippen LogP contribution in [0.2, 0.25) is 0 Å². The van der Waals surface area contributed by atoms with Gasteiger partial charge >= 0.3 is 0 Å². The number of thiocarbonyl (C=S) groups is 1. The number of rotatable bonds is 4. The molecule has 1 aromatic heterocycles. The van der Waals surface area contributed by atoms with Crippen LogP contribution in [0, 0.1) is 25.5 Å². The third-order valence-electron chi connectivity index (χ3n) is 3.04. The molecule has 3 N–H and O–H groups in total. The summed E-state index contributed by atoms with van der Waals surface area (Å²) in [5, 5.41) is 3.14. The summed E-state index contributed by atoms with van der Waals surface area (Å²) in [6.07, 6.45) is 0. The van der Waals surface area contributed by atoms with E-state index in [-0.39, 0.29) is 4.99 Å². The monoisotopic (exact) mass is 307 g/mol. The van der Waals surface area contributed by atoms with Crippen LogP contribution >= 0.6 is 12.2 Å². The Balaban J connectivity index is 2.27. The summed E-state index contributed by atoms with van der Waals surface area (Å²) >= 11 is 5.04. The van der Waals surface area contributed by atoms with Crippen LogP contribution in [0.5, 0.6) is 0 Å². The van der Waals surface area contributed by atoms with E-state index in [0.29, 0.717) is 17.7 Å². The van der Waals surface area contributed by atoms with Crippen molar-refractivity contribution in [1.82, 2.24) is 4.98 Å². The number of halogens is 2. The van der Waals surface area contributed by atoms with E-state index >= 15 is 0 Å². The van der Waals surface area contributed by atoms with Gasteiger partial charge in [-0.2, -0.15) is 0 Å². The van der Waals surface area contributed by atoms with Gasteiger partial charge in [0, 0.05) is 23.6 Å². The van der Waals surface area contributed by atoms with Gasteiger partial charge in [-0.3, -0.25) is 4.98 Å². The fourth-order valence-corrected chi connectivity index (χ4v) is 2.38. The molecule has 2 aromatic rings. The smallest absolute Gasteiger partial charge is 0.159 e. The van der Waals surface area contributed by atoms with Crippen LogP contribution in [0.15, 0.2) is 24.3 Å². The van der Waals surface area contributed by atoms with E-state index in [2.05, 4.69) is 10.3 Å². The molecule has 110 valence electrons. The number of nitrogens with one attached hydrogen (secondary N) is 1. The van der Waals surface area contributed by atoms with Crippen molar-refractivity contribution in [2.75, 3.05) is 5.32 Å². The van der Waals surface area contributed by atoms with Gasteiger partial charge in [0.15, 0.2) is 11.6 Å².